The molecule has 0 radical (unpaired) electrons. The van der Waals surface area contributed by atoms with Gasteiger partial charge in [0.25, 0.3) is 0 Å². The molecule has 1 N–H and O–H groups in total. The van der Waals surface area contributed by atoms with Crippen LogP contribution < -0.4 is 5.32 Å². The lowest BCUT2D eigenvalue weighted by molar-refractivity contribution is -0.116. The molecule has 0 saturated heterocycles. The van der Waals surface area contributed by atoms with Crippen LogP contribution in [0.3, 0.4) is 0 Å². The first-order valence-corrected chi connectivity index (χ1v) is 9.46. The zero-order valence-corrected chi connectivity index (χ0v) is 16.3. The number of hydrogen-bond donors (Lipinski definition) is 1. The molecule has 0 spiro atoms. The van der Waals surface area contributed by atoms with Crippen LogP contribution in [0.15, 0.2) is 60.9 Å². The van der Waals surface area contributed by atoms with Crippen LogP contribution in [0, 0.1) is 6.92 Å². The number of benzene rings is 2. The normalized spacial score (nSPS) is 11.0. The predicted molar refractivity (Wildman–Crippen MR) is 110 cm³/mol. The molecule has 2 aromatic carbocycles. The molecule has 3 rings (SSSR count). The fourth-order valence-corrected chi connectivity index (χ4v) is 3.01. The van der Waals surface area contributed by atoms with Gasteiger partial charge in [-0.25, -0.2) is 4.98 Å². The van der Waals surface area contributed by atoms with Crippen molar-refractivity contribution in [2.45, 2.75) is 46.1 Å². The number of carbonyl (C=O) groups excluding carboxylic acids is 1. The molecule has 4 nitrogen and oxygen atoms in total. The van der Waals surface area contributed by atoms with E-state index in [-0.39, 0.29) is 5.91 Å². The van der Waals surface area contributed by atoms with E-state index in [9.17, 15) is 4.79 Å². The molecule has 1 aromatic heterocycles. The second-order valence-corrected chi connectivity index (χ2v) is 7.24. The number of carbonyl (C=O) groups is 1. The summed E-state index contributed by atoms with van der Waals surface area (Å²) in [6, 6.07) is 16.5. The minimum Gasteiger partial charge on any atom is -0.331 e. The lowest BCUT2D eigenvalue weighted by atomic mass is 10.0. The summed E-state index contributed by atoms with van der Waals surface area (Å²) in [6.45, 7) is 7.14. The molecule has 0 saturated carbocycles. The monoisotopic (exact) mass is 361 g/mol. The van der Waals surface area contributed by atoms with Crippen molar-refractivity contribution in [1.82, 2.24) is 9.55 Å². The van der Waals surface area contributed by atoms with Gasteiger partial charge in [-0.3, -0.25) is 4.79 Å². The third kappa shape index (κ3) is 5.30. The van der Waals surface area contributed by atoms with Gasteiger partial charge in [0, 0.05) is 31.0 Å². The minimum atomic E-state index is 0.0427. The number of hydrogen-bond acceptors (Lipinski definition) is 2. The summed E-state index contributed by atoms with van der Waals surface area (Å²) in [5.74, 6) is 1.57. The maximum Gasteiger partial charge on any atom is 0.224 e. The van der Waals surface area contributed by atoms with E-state index in [0.717, 1.165) is 24.5 Å². The van der Waals surface area contributed by atoms with E-state index in [1.807, 2.05) is 37.4 Å². The highest BCUT2D eigenvalue weighted by molar-refractivity contribution is 5.90. The van der Waals surface area contributed by atoms with Crippen LogP contribution in [0.2, 0.25) is 0 Å². The van der Waals surface area contributed by atoms with Gasteiger partial charge in [0.2, 0.25) is 5.91 Å². The van der Waals surface area contributed by atoms with Gasteiger partial charge < -0.3 is 9.88 Å². The van der Waals surface area contributed by atoms with Crippen LogP contribution in [0.5, 0.6) is 0 Å². The number of nitrogens with zero attached hydrogens (tertiary/aromatic N) is 2. The van der Waals surface area contributed by atoms with Gasteiger partial charge in [0.15, 0.2) is 0 Å². The fraction of sp³-hybridized carbons (Fsp3) is 0.304. The van der Waals surface area contributed by atoms with Crippen LogP contribution in [0.25, 0.3) is 0 Å². The summed E-state index contributed by atoms with van der Waals surface area (Å²) in [5.41, 5.74) is 4.54. The summed E-state index contributed by atoms with van der Waals surface area (Å²) in [4.78, 5) is 16.5. The number of amides is 1. The summed E-state index contributed by atoms with van der Waals surface area (Å²) >= 11 is 0. The molecule has 1 heterocycles. The first kappa shape index (κ1) is 18.9. The Balaban J connectivity index is 1.49. The number of aromatic nitrogens is 2. The first-order valence-electron chi connectivity index (χ1n) is 9.46. The fourth-order valence-electron chi connectivity index (χ4n) is 3.01. The third-order valence-corrected chi connectivity index (χ3v) is 4.80. The van der Waals surface area contributed by atoms with Crippen LogP contribution >= 0.6 is 0 Å². The highest BCUT2D eigenvalue weighted by Crippen LogP contribution is 2.16. The maximum atomic E-state index is 12.2. The molecule has 0 bridgehead atoms. The van der Waals surface area contributed by atoms with Gasteiger partial charge in [-0.05, 0) is 48.1 Å². The highest BCUT2D eigenvalue weighted by Gasteiger charge is 2.05. The number of anilines is 1. The lowest BCUT2D eigenvalue weighted by Crippen LogP contribution is -2.12. The average Bonchev–Trinajstić information content (AvgIpc) is 3.06. The first-order chi connectivity index (χ1) is 13.0. The summed E-state index contributed by atoms with van der Waals surface area (Å²) in [5, 5.41) is 2.98. The molecule has 0 aliphatic heterocycles. The summed E-state index contributed by atoms with van der Waals surface area (Å²) in [6.07, 6.45) is 5.01. The van der Waals surface area contributed by atoms with Gasteiger partial charge in [0.05, 0.1) is 0 Å². The Labute approximate surface area is 161 Å². The van der Waals surface area contributed by atoms with Crippen molar-refractivity contribution < 1.29 is 4.79 Å². The molecule has 0 atom stereocenters. The molecule has 4 heteroatoms. The molecular weight excluding hydrogens is 334 g/mol. The number of aryl methyl sites for hydroxylation is 2. The Morgan fingerprint density at radius 3 is 2.30 bits per heavy atom. The summed E-state index contributed by atoms with van der Waals surface area (Å²) in [7, 11) is 0. The molecule has 27 heavy (non-hydrogen) atoms. The van der Waals surface area contributed by atoms with E-state index in [1.165, 1.54) is 16.7 Å². The van der Waals surface area contributed by atoms with E-state index in [4.69, 9.17) is 0 Å². The van der Waals surface area contributed by atoms with Crippen LogP contribution in [0.4, 0.5) is 5.69 Å². The molecule has 0 aliphatic carbocycles. The van der Waals surface area contributed by atoms with Gasteiger partial charge >= 0.3 is 0 Å². The van der Waals surface area contributed by atoms with Gasteiger partial charge in [-0.15, -0.1) is 0 Å². The van der Waals surface area contributed by atoms with Crippen LogP contribution in [0.1, 0.15) is 48.7 Å². The zero-order valence-electron chi connectivity index (χ0n) is 16.3. The summed E-state index contributed by atoms with van der Waals surface area (Å²) < 4.78 is 2.10. The van der Waals surface area contributed by atoms with Gasteiger partial charge in [0.1, 0.15) is 5.82 Å². The molecule has 1 amide bonds. The van der Waals surface area contributed by atoms with E-state index in [1.54, 1.807) is 6.20 Å². The maximum absolute atomic E-state index is 12.2. The Morgan fingerprint density at radius 1 is 1.04 bits per heavy atom. The highest BCUT2D eigenvalue weighted by atomic mass is 16.1. The largest absolute Gasteiger partial charge is 0.331 e. The molecule has 0 fully saturated rings. The SMILES string of the molecule is Cc1nccn1Cc1ccc(NC(=O)CCc2ccc(C(C)C)cc2)cc1. The van der Waals surface area contributed by atoms with E-state index in [2.05, 4.69) is 53.0 Å². The second-order valence-electron chi connectivity index (χ2n) is 7.24. The van der Waals surface area contributed by atoms with Crippen molar-refractivity contribution in [2.24, 2.45) is 0 Å². The van der Waals surface area contributed by atoms with Crippen molar-refractivity contribution in [1.29, 1.82) is 0 Å². The van der Waals surface area contributed by atoms with Crippen LogP contribution in [-0.4, -0.2) is 15.5 Å². The lowest BCUT2D eigenvalue weighted by Gasteiger charge is -2.09. The van der Waals surface area contributed by atoms with E-state index >= 15 is 0 Å². The molecule has 0 aliphatic rings. The Hall–Kier alpha value is -2.88. The van der Waals surface area contributed by atoms with Gasteiger partial charge in [-0.2, -0.15) is 0 Å². The zero-order chi connectivity index (χ0) is 19.2. The smallest absolute Gasteiger partial charge is 0.224 e. The van der Waals surface area contributed by atoms with Crippen molar-refractivity contribution in [3.63, 3.8) is 0 Å². The van der Waals surface area contributed by atoms with Crippen molar-refractivity contribution in [3.8, 4) is 0 Å². The van der Waals surface area contributed by atoms with Crippen molar-refractivity contribution in [2.75, 3.05) is 5.32 Å². The van der Waals surface area contributed by atoms with E-state index in [0.29, 0.717) is 12.3 Å². The molecule has 0 unspecified atom stereocenters. The second kappa shape index (κ2) is 8.67. The van der Waals surface area contributed by atoms with Crippen molar-refractivity contribution in [3.05, 3.63) is 83.4 Å². The number of rotatable bonds is 7. The van der Waals surface area contributed by atoms with Crippen molar-refractivity contribution >= 4 is 11.6 Å². The third-order valence-electron chi connectivity index (χ3n) is 4.80. The number of nitrogens with one attached hydrogen (secondary N) is 1. The Morgan fingerprint density at radius 2 is 1.70 bits per heavy atom. The standard InChI is InChI=1S/C23H27N3O/c1-17(2)21-9-4-19(5-10-21)8-13-23(27)25-22-11-6-20(7-12-22)16-26-15-14-24-18(26)3/h4-7,9-12,14-15,17H,8,13,16H2,1-3H3,(H,25,27). The predicted octanol–water partition coefficient (Wildman–Crippen LogP) is 4.93. The minimum absolute atomic E-state index is 0.0427. The van der Waals surface area contributed by atoms with Gasteiger partial charge in [-0.1, -0.05) is 50.2 Å². The number of imidazole rings is 1. The topological polar surface area (TPSA) is 46.9 Å². The Bertz CT molecular complexity index is 877. The molecule has 140 valence electrons. The Kier molecular flexibility index (Phi) is 6.07. The van der Waals surface area contributed by atoms with E-state index < -0.39 is 0 Å². The van der Waals surface area contributed by atoms with Crippen LogP contribution in [-0.2, 0) is 17.8 Å². The molecule has 3 aromatic rings. The average molecular weight is 361 g/mol. The quantitative estimate of drug-likeness (QED) is 0.648. The molecular formula is C23H27N3O.